The van der Waals surface area contributed by atoms with Crippen LogP contribution in [0.4, 0.5) is 11.5 Å². The van der Waals surface area contributed by atoms with Crippen LogP contribution in [0, 0.1) is 13.8 Å². The molecule has 0 atom stereocenters. The molecule has 1 aliphatic heterocycles. The zero-order chi connectivity index (χ0) is 24.1. The van der Waals surface area contributed by atoms with Gasteiger partial charge in [-0.3, -0.25) is 4.79 Å². The number of ether oxygens (including phenoxy) is 1. The van der Waals surface area contributed by atoms with Crippen molar-refractivity contribution >= 4 is 23.4 Å². The van der Waals surface area contributed by atoms with E-state index in [-0.39, 0.29) is 11.9 Å². The Kier molecular flexibility index (Phi) is 7.20. The summed E-state index contributed by atoms with van der Waals surface area (Å²) in [7, 11) is 0. The molecule has 2 aromatic heterocycles. The molecule has 1 aromatic carbocycles. The van der Waals surface area contributed by atoms with Gasteiger partial charge in [-0.2, -0.15) is 5.10 Å². The fourth-order valence-corrected chi connectivity index (χ4v) is 4.17. The van der Waals surface area contributed by atoms with Gasteiger partial charge in [-0.1, -0.05) is 0 Å². The molecule has 1 amide bonds. The average Bonchev–Trinajstić information content (AvgIpc) is 3.47. The van der Waals surface area contributed by atoms with E-state index in [4.69, 9.17) is 4.74 Å². The first-order valence-corrected chi connectivity index (χ1v) is 11.7. The van der Waals surface area contributed by atoms with Crippen LogP contribution < -0.4 is 10.2 Å². The van der Waals surface area contributed by atoms with Crippen LogP contribution in [0.25, 0.3) is 5.82 Å². The monoisotopic (exact) mass is 462 g/mol. The van der Waals surface area contributed by atoms with Crippen LogP contribution in [0.5, 0.6) is 0 Å². The van der Waals surface area contributed by atoms with Crippen LogP contribution >= 0.6 is 0 Å². The highest BCUT2D eigenvalue weighted by molar-refractivity contribution is 5.93. The molecule has 1 fully saturated rings. The van der Waals surface area contributed by atoms with Gasteiger partial charge >= 0.3 is 5.97 Å². The first kappa shape index (κ1) is 23.4. The minimum atomic E-state index is -0.376. The van der Waals surface area contributed by atoms with Gasteiger partial charge in [0.1, 0.15) is 0 Å². The Hall–Kier alpha value is -3.75. The number of amides is 1. The second-order valence-corrected chi connectivity index (χ2v) is 8.35. The summed E-state index contributed by atoms with van der Waals surface area (Å²) in [6.45, 7) is 8.06. The fraction of sp³-hybridized carbons (Fsp3) is 0.400. The van der Waals surface area contributed by atoms with Crippen molar-refractivity contribution in [3.8, 4) is 5.82 Å². The second-order valence-electron chi connectivity index (χ2n) is 8.35. The predicted molar refractivity (Wildman–Crippen MR) is 129 cm³/mol. The molecule has 3 aromatic rings. The molecule has 1 saturated heterocycles. The molecule has 9 heteroatoms. The number of hydrogen-bond acceptors (Lipinski definition) is 7. The van der Waals surface area contributed by atoms with E-state index in [1.807, 2.05) is 26.0 Å². The highest BCUT2D eigenvalue weighted by atomic mass is 16.5. The average molecular weight is 463 g/mol. The number of esters is 1. The standard InChI is InChI=1S/C25H30N6O3/c1-4-34-25(33)19-7-9-20(10-8-19)26-24(32)14-11-21-17(2)29-31(18(21)3)23-13-12-22(27-28-23)30-15-5-6-16-30/h7-10,12-13H,4-6,11,14-16H2,1-3H3,(H,26,32). The summed E-state index contributed by atoms with van der Waals surface area (Å²) >= 11 is 0. The fourth-order valence-electron chi connectivity index (χ4n) is 4.17. The Balaban J connectivity index is 1.37. The van der Waals surface area contributed by atoms with Crippen LogP contribution in [0.1, 0.15) is 53.5 Å². The molecule has 178 valence electrons. The number of carbonyl (C=O) groups is 2. The van der Waals surface area contributed by atoms with Gasteiger partial charge in [0.2, 0.25) is 5.91 Å². The van der Waals surface area contributed by atoms with Gasteiger partial charge in [0, 0.05) is 30.9 Å². The lowest BCUT2D eigenvalue weighted by atomic mass is 10.1. The van der Waals surface area contributed by atoms with Gasteiger partial charge in [0.05, 0.1) is 17.9 Å². The number of nitrogens with one attached hydrogen (secondary N) is 1. The summed E-state index contributed by atoms with van der Waals surface area (Å²) in [6.07, 6.45) is 3.25. The highest BCUT2D eigenvalue weighted by Crippen LogP contribution is 2.21. The van der Waals surface area contributed by atoms with Gasteiger partial charge in [0.25, 0.3) is 0 Å². The van der Waals surface area contributed by atoms with Crippen molar-refractivity contribution in [1.82, 2.24) is 20.0 Å². The van der Waals surface area contributed by atoms with E-state index >= 15 is 0 Å². The number of benzene rings is 1. The van der Waals surface area contributed by atoms with E-state index < -0.39 is 0 Å². The predicted octanol–water partition coefficient (Wildman–Crippen LogP) is 3.63. The van der Waals surface area contributed by atoms with Crippen LogP contribution in [0.3, 0.4) is 0 Å². The van der Waals surface area contributed by atoms with Crippen LogP contribution in [-0.4, -0.2) is 51.6 Å². The molecule has 34 heavy (non-hydrogen) atoms. The Bertz CT molecular complexity index is 1150. The second kappa shape index (κ2) is 10.5. The van der Waals surface area contributed by atoms with E-state index in [9.17, 15) is 9.59 Å². The molecule has 9 nitrogen and oxygen atoms in total. The van der Waals surface area contributed by atoms with Crippen LogP contribution in [0.2, 0.25) is 0 Å². The largest absolute Gasteiger partial charge is 0.462 e. The normalized spacial score (nSPS) is 13.2. The maximum atomic E-state index is 12.5. The zero-order valence-corrected chi connectivity index (χ0v) is 19.9. The van der Waals surface area contributed by atoms with Gasteiger partial charge in [-0.05, 0) is 82.0 Å². The van der Waals surface area contributed by atoms with Crippen molar-refractivity contribution in [3.05, 3.63) is 58.9 Å². The number of nitrogens with zero attached hydrogens (tertiary/aromatic N) is 5. The van der Waals surface area contributed by atoms with E-state index in [1.54, 1.807) is 35.9 Å². The number of rotatable bonds is 8. The van der Waals surface area contributed by atoms with Crippen LogP contribution in [-0.2, 0) is 16.0 Å². The summed E-state index contributed by atoms with van der Waals surface area (Å²) < 4.78 is 6.77. The molecule has 1 aliphatic rings. The number of anilines is 2. The number of aryl methyl sites for hydroxylation is 1. The molecular weight excluding hydrogens is 432 g/mol. The molecule has 0 saturated carbocycles. The minimum Gasteiger partial charge on any atom is -0.462 e. The molecular formula is C25H30N6O3. The summed E-state index contributed by atoms with van der Waals surface area (Å²) in [5.41, 5.74) is 3.94. The first-order valence-electron chi connectivity index (χ1n) is 11.7. The third-order valence-electron chi connectivity index (χ3n) is 6.01. The highest BCUT2D eigenvalue weighted by Gasteiger charge is 2.17. The Morgan fingerprint density at radius 2 is 1.68 bits per heavy atom. The van der Waals surface area contributed by atoms with Crippen molar-refractivity contribution in [2.45, 2.75) is 46.5 Å². The van der Waals surface area contributed by atoms with E-state index in [0.717, 1.165) is 35.9 Å². The van der Waals surface area contributed by atoms with Crippen LogP contribution in [0.15, 0.2) is 36.4 Å². The van der Waals surface area contributed by atoms with Crippen molar-refractivity contribution in [3.63, 3.8) is 0 Å². The van der Waals surface area contributed by atoms with Gasteiger partial charge in [-0.25, -0.2) is 9.48 Å². The lowest BCUT2D eigenvalue weighted by Crippen LogP contribution is -2.19. The molecule has 0 aliphatic carbocycles. The lowest BCUT2D eigenvalue weighted by Gasteiger charge is -2.15. The maximum Gasteiger partial charge on any atom is 0.338 e. The number of aromatic nitrogens is 4. The topological polar surface area (TPSA) is 102 Å². The molecule has 0 unspecified atom stereocenters. The number of carbonyl (C=O) groups excluding carboxylic acids is 2. The first-order chi connectivity index (χ1) is 16.5. The molecule has 0 radical (unpaired) electrons. The van der Waals surface area contributed by atoms with Gasteiger partial charge < -0.3 is 15.0 Å². The molecule has 0 bridgehead atoms. The SMILES string of the molecule is CCOC(=O)c1ccc(NC(=O)CCc2c(C)nn(-c3ccc(N4CCCC4)nn3)c2C)cc1. The third-order valence-corrected chi connectivity index (χ3v) is 6.01. The molecule has 1 N–H and O–H groups in total. The van der Waals surface area contributed by atoms with Gasteiger partial charge in [-0.15, -0.1) is 10.2 Å². The maximum absolute atomic E-state index is 12.5. The summed E-state index contributed by atoms with van der Waals surface area (Å²) in [4.78, 5) is 26.5. The molecule has 4 rings (SSSR count). The smallest absolute Gasteiger partial charge is 0.338 e. The summed E-state index contributed by atoms with van der Waals surface area (Å²) in [5, 5.41) is 16.3. The van der Waals surface area contributed by atoms with Crippen molar-refractivity contribution in [2.75, 3.05) is 29.9 Å². The lowest BCUT2D eigenvalue weighted by molar-refractivity contribution is -0.116. The third kappa shape index (κ3) is 5.24. The quantitative estimate of drug-likeness (QED) is 0.510. The Morgan fingerprint density at radius 3 is 2.32 bits per heavy atom. The van der Waals surface area contributed by atoms with Crippen molar-refractivity contribution in [2.24, 2.45) is 0 Å². The van der Waals surface area contributed by atoms with Crippen molar-refractivity contribution < 1.29 is 14.3 Å². The summed E-state index contributed by atoms with van der Waals surface area (Å²) in [5.74, 6) is 1.08. The molecule has 0 spiro atoms. The Morgan fingerprint density at radius 1 is 1.00 bits per heavy atom. The minimum absolute atomic E-state index is 0.106. The van der Waals surface area contributed by atoms with E-state index in [1.165, 1.54) is 12.8 Å². The zero-order valence-electron chi connectivity index (χ0n) is 19.9. The van der Waals surface area contributed by atoms with E-state index in [2.05, 4.69) is 25.5 Å². The van der Waals surface area contributed by atoms with Gasteiger partial charge in [0.15, 0.2) is 11.6 Å². The summed E-state index contributed by atoms with van der Waals surface area (Å²) in [6, 6.07) is 10.6. The van der Waals surface area contributed by atoms with Crippen molar-refractivity contribution in [1.29, 1.82) is 0 Å². The van der Waals surface area contributed by atoms with E-state index in [0.29, 0.717) is 36.5 Å². The molecule has 3 heterocycles. The number of hydrogen-bond donors (Lipinski definition) is 1. The Labute approximate surface area is 199 Å².